The molecule has 0 aromatic carbocycles. The highest BCUT2D eigenvalue weighted by molar-refractivity contribution is 9.10. The number of nitrogens with zero attached hydrogens (tertiary/aromatic N) is 10. The summed E-state index contributed by atoms with van der Waals surface area (Å²) >= 11 is 4.23. The number of aryl methyl sites for hydroxylation is 2. The van der Waals surface area contributed by atoms with E-state index in [4.69, 9.17) is 9.31 Å². The van der Waals surface area contributed by atoms with Crippen molar-refractivity contribution < 1.29 is 79.6 Å². The van der Waals surface area contributed by atoms with Gasteiger partial charge in [0, 0.05) is 29.6 Å². The van der Waals surface area contributed by atoms with Crippen LogP contribution in [0.4, 0.5) is 70.2 Å². The van der Waals surface area contributed by atoms with E-state index in [1.165, 1.54) is 6.92 Å². The average Bonchev–Trinajstić information content (AvgIpc) is 3.97. The first-order valence-electron chi connectivity index (χ1n) is 17.7. The second kappa shape index (κ2) is 18.3. The molecule has 1 fully saturated rings. The molecule has 1 aliphatic rings. The van der Waals surface area contributed by atoms with Crippen molar-refractivity contribution in [1.29, 1.82) is 0 Å². The summed E-state index contributed by atoms with van der Waals surface area (Å²) in [7, 11) is -0.863. The normalized spacial score (nSPS) is 15.6. The van der Waals surface area contributed by atoms with Crippen LogP contribution in [0, 0.1) is 13.8 Å². The first-order chi connectivity index (χ1) is 29.8. The zero-order valence-corrected chi connectivity index (χ0v) is 36.9. The minimum absolute atomic E-state index is 0. The fourth-order valence-electron chi connectivity index (χ4n) is 5.25. The number of hydrogen-bond acceptors (Lipinski definition) is 12. The van der Waals surface area contributed by atoms with E-state index < -0.39 is 106 Å². The molecule has 67 heavy (non-hydrogen) atoms. The molecular formula is C33H30BBrF16N10O4S2. The standard InChI is InChI=1S/C13H7F8N5OS.C12H16BF5N2O2.C7H3BrF3N3OS.CH4/c1-5-24-26-9(27)7(8(12(16,17)18)23-10(26)28-5)6-2-22-25(3-6)4-11(14,15)13(19,20)21;1-9(2)10(3,4)22-13(21-9)8-5-19-20(6-8)7-11(14,15)12(16,17)18;1-2-13-14-5(15)3(8)4(7(9,10)11)12-6(14)16-2;/h2-3H,4H2,1H3;5-6H,7H2,1-4H3;1H3;1H4. The number of hydrogen-bond donors (Lipinski definition) is 0. The topological polar surface area (TPSA) is 149 Å². The molecule has 7 rings (SSSR count). The number of fused-ring (bicyclic) bond motifs is 2. The molecule has 7 heterocycles. The Bertz CT molecular complexity index is 2850. The molecule has 0 saturated carbocycles. The van der Waals surface area contributed by atoms with Gasteiger partial charge >= 0.3 is 43.7 Å². The maximum Gasteiger partial charge on any atom is 0.498 e. The molecular weight excluding hydrogens is 1060 g/mol. The molecule has 34 heteroatoms. The lowest BCUT2D eigenvalue weighted by Gasteiger charge is -2.32. The molecule has 0 N–H and O–H groups in total. The molecule has 6 aromatic rings. The highest BCUT2D eigenvalue weighted by Gasteiger charge is 2.59. The van der Waals surface area contributed by atoms with Crippen molar-refractivity contribution in [2.45, 2.75) is 110 Å². The molecule has 0 bridgehead atoms. The summed E-state index contributed by atoms with van der Waals surface area (Å²) in [5.41, 5.74) is -7.64. The van der Waals surface area contributed by atoms with Crippen LogP contribution in [0.1, 0.15) is 56.5 Å². The lowest BCUT2D eigenvalue weighted by atomic mass is 9.82. The van der Waals surface area contributed by atoms with E-state index >= 15 is 0 Å². The van der Waals surface area contributed by atoms with Crippen LogP contribution < -0.4 is 16.6 Å². The third-order valence-corrected chi connectivity index (χ3v) is 11.5. The third-order valence-electron chi connectivity index (χ3n) is 9.16. The minimum Gasteiger partial charge on any atom is -0.399 e. The quantitative estimate of drug-likeness (QED) is 0.117. The molecule has 370 valence electrons. The van der Waals surface area contributed by atoms with Crippen LogP contribution >= 0.6 is 38.6 Å². The molecule has 6 aromatic heterocycles. The summed E-state index contributed by atoms with van der Waals surface area (Å²) in [5, 5.41) is 14.9. The second-order valence-electron chi connectivity index (χ2n) is 14.7. The smallest absolute Gasteiger partial charge is 0.399 e. The molecule has 0 unspecified atom stereocenters. The van der Waals surface area contributed by atoms with Crippen molar-refractivity contribution >= 4 is 61.1 Å². The van der Waals surface area contributed by atoms with Crippen LogP contribution in [0.2, 0.25) is 0 Å². The zero-order chi connectivity index (χ0) is 50.1. The monoisotopic (exact) mass is 1090 g/mol. The van der Waals surface area contributed by atoms with Gasteiger partial charge in [0.15, 0.2) is 11.4 Å². The van der Waals surface area contributed by atoms with Gasteiger partial charge in [0.05, 0.1) is 23.0 Å². The highest BCUT2D eigenvalue weighted by atomic mass is 79.9. The number of halogens is 17. The average molecular weight is 1090 g/mol. The molecule has 1 aliphatic heterocycles. The lowest BCUT2D eigenvalue weighted by Crippen LogP contribution is -2.41. The molecule has 0 amide bonds. The van der Waals surface area contributed by atoms with Crippen LogP contribution in [-0.4, -0.2) is 91.3 Å². The summed E-state index contributed by atoms with van der Waals surface area (Å²) in [5.74, 6) is -10.0. The van der Waals surface area contributed by atoms with E-state index in [9.17, 15) is 79.8 Å². The van der Waals surface area contributed by atoms with Crippen molar-refractivity contribution in [3.8, 4) is 11.1 Å². The minimum atomic E-state index is -5.88. The summed E-state index contributed by atoms with van der Waals surface area (Å²) in [6, 6.07) is 0. The lowest BCUT2D eigenvalue weighted by molar-refractivity contribution is -0.287. The van der Waals surface area contributed by atoms with Crippen LogP contribution in [0.15, 0.2) is 38.8 Å². The maximum absolute atomic E-state index is 13.4. The molecule has 0 aliphatic carbocycles. The first-order valence-corrected chi connectivity index (χ1v) is 20.1. The Labute approximate surface area is 380 Å². The Morgan fingerprint density at radius 3 is 1.48 bits per heavy atom. The van der Waals surface area contributed by atoms with Crippen LogP contribution in [0.3, 0.4) is 0 Å². The van der Waals surface area contributed by atoms with Crippen molar-refractivity contribution in [3.05, 3.63) is 71.4 Å². The Kier molecular flexibility index (Phi) is 15.0. The SMILES string of the molecule is C.CC1(C)OB(c2cnn(CC(F)(F)C(F)(F)F)c2)OC1(C)C.Cc1nn2c(=O)c(-c3cnn(CC(F)(F)C(F)(F)F)c3)c(C(F)(F)F)nc2s1.Cc1nn2c(=O)c(Br)c(C(F)(F)F)nc2s1. The number of alkyl halides is 16. The van der Waals surface area contributed by atoms with Gasteiger partial charge in [0.2, 0.25) is 9.92 Å². The highest BCUT2D eigenvalue weighted by Crippen LogP contribution is 2.40. The number of aromatic nitrogens is 10. The van der Waals surface area contributed by atoms with E-state index in [0.717, 1.165) is 28.2 Å². The Morgan fingerprint density at radius 1 is 0.642 bits per heavy atom. The fraction of sp³-hybridized carbons (Fsp3) is 0.515. The van der Waals surface area contributed by atoms with Gasteiger partial charge in [-0.15, -0.1) is 0 Å². The van der Waals surface area contributed by atoms with Gasteiger partial charge < -0.3 is 9.31 Å². The van der Waals surface area contributed by atoms with Crippen molar-refractivity contribution in [1.82, 2.24) is 48.8 Å². The van der Waals surface area contributed by atoms with Gasteiger partial charge in [0.1, 0.15) is 27.6 Å². The predicted molar refractivity (Wildman–Crippen MR) is 209 cm³/mol. The Balaban J connectivity index is 0.000000226. The summed E-state index contributed by atoms with van der Waals surface area (Å²) in [6.45, 7) is 6.65. The zero-order valence-electron chi connectivity index (χ0n) is 33.6. The summed E-state index contributed by atoms with van der Waals surface area (Å²) in [4.78, 5) is 30.3. The molecule has 0 atom stereocenters. The Hall–Kier alpha value is -4.70. The van der Waals surface area contributed by atoms with Crippen LogP contribution in [-0.2, 0) is 34.8 Å². The van der Waals surface area contributed by atoms with Crippen molar-refractivity contribution in [2.75, 3.05) is 0 Å². The Morgan fingerprint density at radius 2 is 1.04 bits per heavy atom. The molecule has 0 spiro atoms. The summed E-state index contributed by atoms with van der Waals surface area (Å²) in [6.07, 6.45) is -18.0. The molecule has 14 nitrogen and oxygen atoms in total. The number of rotatable bonds is 6. The largest absolute Gasteiger partial charge is 0.498 e. The van der Waals surface area contributed by atoms with Gasteiger partial charge in [-0.05, 0) is 57.5 Å². The van der Waals surface area contributed by atoms with E-state index in [-0.39, 0.29) is 32.5 Å². The van der Waals surface area contributed by atoms with Gasteiger partial charge in [-0.1, -0.05) is 30.1 Å². The third kappa shape index (κ3) is 11.6. The van der Waals surface area contributed by atoms with Gasteiger partial charge in [-0.2, -0.15) is 99.7 Å². The van der Waals surface area contributed by atoms with E-state index in [1.807, 2.05) is 0 Å². The van der Waals surface area contributed by atoms with Gasteiger partial charge in [0.25, 0.3) is 11.1 Å². The van der Waals surface area contributed by atoms with E-state index in [2.05, 4.69) is 46.3 Å². The van der Waals surface area contributed by atoms with Gasteiger partial charge in [-0.3, -0.25) is 19.0 Å². The van der Waals surface area contributed by atoms with E-state index in [0.29, 0.717) is 37.9 Å². The second-order valence-corrected chi connectivity index (χ2v) is 17.9. The van der Waals surface area contributed by atoms with Crippen molar-refractivity contribution in [2.24, 2.45) is 0 Å². The van der Waals surface area contributed by atoms with Crippen LogP contribution in [0.25, 0.3) is 21.0 Å². The van der Waals surface area contributed by atoms with Crippen molar-refractivity contribution in [3.63, 3.8) is 0 Å². The molecule has 0 radical (unpaired) electrons. The molecule has 1 saturated heterocycles. The van der Waals surface area contributed by atoms with Gasteiger partial charge in [-0.25, -0.2) is 9.97 Å². The van der Waals surface area contributed by atoms with Crippen LogP contribution in [0.5, 0.6) is 0 Å². The predicted octanol–water partition coefficient (Wildman–Crippen LogP) is 8.80. The first kappa shape index (κ1) is 54.9. The summed E-state index contributed by atoms with van der Waals surface area (Å²) < 4.78 is 216. The van der Waals surface area contributed by atoms with E-state index in [1.54, 1.807) is 34.6 Å². The maximum atomic E-state index is 13.4. The fourth-order valence-corrected chi connectivity index (χ4v) is 7.20.